The molecular formula is C16H21BrN2O. The predicted molar refractivity (Wildman–Crippen MR) is 85.0 cm³/mol. The third kappa shape index (κ3) is 2.09. The van der Waals surface area contributed by atoms with E-state index in [4.69, 9.17) is 0 Å². The number of halogens is 1. The maximum absolute atomic E-state index is 12.5. The molecule has 0 saturated carbocycles. The van der Waals surface area contributed by atoms with Crippen molar-refractivity contribution in [2.24, 2.45) is 0 Å². The number of piperidine rings is 1. The molecule has 1 aromatic rings. The fourth-order valence-electron chi connectivity index (χ4n) is 3.49. The fourth-order valence-corrected chi connectivity index (χ4v) is 3.85. The molecule has 1 unspecified atom stereocenters. The topological polar surface area (TPSA) is 32.3 Å². The monoisotopic (exact) mass is 336 g/mol. The molecule has 3 rings (SSSR count). The number of carbonyl (C=O) groups excluding carboxylic acids is 1. The van der Waals surface area contributed by atoms with E-state index < -0.39 is 0 Å². The molecule has 2 aliphatic rings. The molecule has 0 radical (unpaired) electrons. The van der Waals surface area contributed by atoms with E-state index in [9.17, 15) is 4.79 Å². The molecule has 2 aliphatic heterocycles. The molecule has 1 fully saturated rings. The number of nitrogens with one attached hydrogen (secondary N) is 1. The van der Waals surface area contributed by atoms with Crippen LogP contribution in [0.15, 0.2) is 22.7 Å². The summed E-state index contributed by atoms with van der Waals surface area (Å²) < 4.78 is 1.05. The molecule has 20 heavy (non-hydrogen) atoms. The minimum Gasteiger partial charge on any atom is -0.325 e. The predicted octanol–water partition coefficient (Wildman–Crippen LogP) is 3.53. The third-order valence-corrected chi connectivity index (χ3v) is 5.54. The molecule has 1 N–H and O–H groups in total. The number of hydrogen-bond acceptors (Lipinski definition) is 2. The zero-order chi connectivity index (χ0) is 14.3. The molecule has 108 valence electrons. The standard InChI is InChI=1S/C16H21BrN2O/c1-3-11(2)19-8-6-16(7-9-19)13-10-12(17)4-5-14(13)18-15(16)20/h4-5,10-11H,3,6-9H2,1-2H3,(H,18,20). The van der Waals surface area contributed by atoms with Gasteiger partial charge in [-0.1, -0.05) is 22.9 Å². The highest BCUT2D eigenvalue weighted by Gasteiger charge is 2.48. The van der Waals surface area contributed by atoms with Gasteiger partial charge in [0.25, 0.3) is 0 Å². The molecule has 4 heteroatoms. The van der Waals surface area contributed by atoms with Gasteiger partial charge in [-0.3, -0.25) is 4.79 Å². The first kappa shape index (κ1) is 14.1. The lowest BCUT2D eigenvalue weighted by molar-refractivity contribution is -0.122. The Labute approximate surface area is 128 Å². The number of fused-ring (bicyclic) bond motifs is 2. The van der Waals surface area contributed by atoms with Crippen LogP contribution in [-0.2, 0) is 10.2 Å². The number of likely N-dealkylation sites (tertiary alicyclic amines) is 1. The maximum atomic E-state index is 12.5. The second-order valence-electron chi connectivity index (χ2n) is 6.02. The van der Waals surface area contributed by atoms with E-state index in [0.717, 1.165) is 36.1 Å². The van der Waals surface area contributed by atoms with Gasteiger partial charge in [-0.2, -0.15) is 0 Å². The van der Waals surface area contributed by atoms with Crippen molar-refractivity contribution < 1.29 is 4.79 Å². The van der Waals surface area contributed by atoms with Gasteiger partial charge in [0.1, 0.15) is 0 Å². The molecule has 1 saturated heterocycles. The minimum atomic E-state index is -0.303. The summed E-state index contributed by atoms with van der Waals surface area (Å²) >= 11 is 3.53. The largest absolute Gasteiger partial charge is 0.325 e. The van der Waals surface area contributed by atoms with Gasteiger partial charge in [0.15, 0.2) is 0 Å². The number of amides is 1. The van der Waals surface area contributed by atoms with Crippen molar-refractivity contribution in [2.45, 2.75) is 44.6 Å². The second-order valence-corrected chi connectivity index (χ2v) is 6.94. The molecule has 1 atom stereocenters. The summed E-state index contributed by atoms with van der Waals surface area (Å²) in [7, 11) is 0. The molecule has 2 heterocycles. The molecule has 1 aromatic carbocycles. The first-order valence-corrected chi connectivity index (χ1v) is 8.21. The molecule has 1 amide bonds. The smallest absolute Gasteiger partial charge is 0.235 e. The molecule has 0 aromatic heterocycles. The van der Waals surface area contributed by atoms with E-state index in [1.54, 1.807) is 0 Å². The quantitative estimate of drug-likeness (QED) is 0.895. The van der Waals surface area contributed by atoms with Crippen LogP contribution in [-0.4, -0.2) is 29.9 Å². The number of hydrogen-bond donors (Lipinski definition) is 1. The van der Waals surface area contributed by atoms with Crippen molar-refractivity contribution in [3.63, 3.8) is 0 Å². The van der Waals surface area contributed by atoms with Crippen LogP contribution in [0.1, 0.15) is 38.7 Å². The van der Waals surface area contributed by atoms with Gasteiger partial charge in [0.2, 0.25) is 5.91 Å². The van der Waals surface area contributed by atoms with Gasteiger partial charge < -0.3 is 10.2 Å². The third-order valence-electron chi connectivity index (χ3n) is 5.05. The zero-order valence-corrected chi connectivity index (χ0v) is 13.7. The molecular weight excluding hydrogens is 316 g/mol. The Balaban J connectivity index is 1.88. The Morgan fingerprint density at radius 1 is 1.40 bits per heavy atom. The van der Waals surface area contributed by atoms with Crippen molar-refractivity contribution >= 4 is 27.5 Å². The minimum absolute atomic E-state index is 0.189. The van der Waals surface area contributed by atoms with E-state index in [2.05, 4.69) is 46.1 Å². The van der Waals surface area contributed by atoms with Crippen molar-refractivity contribution in [3.05, 3.63) is 28.2 Å². The molecule has 0 aliphatic carbocycles. The Morgan fingerprint density at radius 2 is 2.10 bits per heavy atom. The molecule has 0 bridgehead atoms. The first-order chi connectivity index (χ1) is 9.56. The van der Waals surface area contributed by atoms with Crippen LogP contribution in [0.3, 0.4) is 0 Å². The zero-order valence-electron chi connectivity index (χ0n) is 12.1. The number of carbonyl (C=O) groups is 1. The maximum Gasteiger partial charge on any atom is 0.235 e. The van der Waals surface area contributed by atoms with Gasteiger partial charge in [0, 0.05) is 16.2 Å². The highest BCUT2D eigenvalue weighted by molar-refractivity contribution is 9.10. The molecule has 3 nitrogen and oxygen atoms in total. The summed E-state index contributed by atoms with van der Waals surface area (Å²) in [5.74, 6) is 0.189. The van der Waals surface area contributed by atoms with E-state index in [-0.39, 0.29) is 11.3 Å². The van der Waals surface area contributed by atoms with Crippen molar-refractivity contribution in [2.75, 3.05) is 18.4 Å². The summed E-state index contributed by atoms with van der Waals surface area (Å²) in [5.41, 5.74) is 1.87. The summed E-state index contributed by atoms with van der Waals surface area (Å²) in [6.07, 6.45) is 3.01. The Hall–Kier alpha value is -0.870. The Morgan fingerprint density at radius 3 is 2.75 bits per heavy atom. The highest BCUT2D eigenvalue weighted by Crippen LogP contribution is 2.46. The van der Waals surface area contributed by atoms with Crippen LogP contribution in [0, 0.1) is 0 Å². The fraction of sp³-hybridized carbons (Fsp3) is 0.562. The van der Waals surface area contributed by atoms with Crippen molar-refractivity contribution in [1.29, 1.82) is 0 Å². The lowest BCUT2D eigenvalue weighted by Crippen LogP contribution is -2.48. The van der Waals surface area contributed by atoms with Crippen LogP contribution in [0.5, 0.6) is 0 Å². The lowest BCUT2D eigenvalue weighted by atomic mass is 9.73. The number of nitrogens with zero attached hydrogens (tertiary/aromatic N) is 1. The van der Waals surface area contributed by atoms with Crippen LogP contribution < -0.4 is 5.32 Å². The normalized spacial score (nSPS) is 22.6. The summed E-state index contributed by atoms with van der Waals surface area (Å²) in [6.45, 7) is 6.52. The Kier molecular flexibility index (Phi) is 3.63. The van der Waals surface area contributed by atoms with Crippen molar-refractivity contribution in [3.8, 4) is 0 Å². The van der Waals surface area contributed by atoms with Gasteiger partial charge in [0.05, 0.1) is 5.41 Å². The van der Waals surface area contributed by atoms with E-state index in [0.29, 0.717) is 6.04 Å². The van der Waals surface area contributed by atoms with Crippen LogP contribution >= 0.6 is 15.9 Å². The summed E-state index contributed by atoms with van der Waals surface area (Å²) in [6, 6.07) is 6.73. The van der Waals surface area contributed by atoms with Gasteiger partial charge in [-0.25, -0.2) is 0 Å². The average Bonchev–Trinajstić information content (AvgIpc) is 2.72. The van der Waals surface area contributed by atoms with Gasteiger partial charge >= 0.3 is 0 Å². The SMILES string of the molecule is CCC(C)N1CCC2(CC1)C(=O)Nc1ccc(Br)cc12. The van der Waals surface area contributed by atoms with E-state index in [1.807, 2.05) is 12.1 Å². The van der Waals surface area contributed by atoms with Crippen LogP contribution in [0.2, 0.25) is 0 Å². The number of rotatable bonds is 2. The first-order valence-electron chi connectivity index (χ1n) is 7.42. The highest BCUT2D eigenvalue weighted by atomic mass is 79.9. The van der Waals surface area contributed by atoms with Crippen LogP contribution in [0.4, 0.5) is 5.69 Å². The summed E-state index contributed by atoms with van der Waals surface area (Å²) in [4.78, 5) is 15.0. The Bertz CT molecular complexity index is 535. The average molecular weight is 337 g/mol. The lowest BCUT2D eigenvalue weighted by Gasteiger charge is -2.40. The number of benzene rings is 1. The van der Waals surface area contributed by atoms with E-state index >= 15 is 0 Å². The van der Waals surface area contributed by atoms with Gasteiger partial charge in [-0.15, -0.1) is 0 Å². The van der Waals surface area contributed by atoms with E-state index in [1.165, 1.54) is 12.0 Å². The van der Waals surface area contributed by atoms with Crippen molar-refractivity contribution in [1.82, 2.24) is 4.90 Å². The second kappa shape index (κ2) is 5.15. The summed E-state index contributed by atoms with van der Waals surface area (Å²) in [5, 5.41) is 3.06. The van der Waals surface area contributed by atoms with Crippen LogP contribution in [0.25, 0.3) is 0 Å². The molecule has 1 spiro atoms. The van der Waals surface area contributed by atoms with Gasteiger partial charge in [-0.05, 0) is 63.0 Å². The number of anilines is 1.